The average molecular weight is 497 g/mol. The summed E-state index contributed by atoms with van der Waals surface area (Å²) in [6.07, 6.45) is 1.72. The quantitative estimate of drug-likeness (QED) is 0.438. The number of carbonyl (C=O) groups is 1. The zero-order valence-electron chi connectivity index (χ0n) is 19.0. The summed E-state index contributed by atoms with van der Waals surface area (Å²) < 4.78 is 7.58. The molecule has 0 bridgehead atoms. The summed E-state index contributed by atoms with van der Waals surface area (Å²) >= 11 is 7.41. The van der Waals surface area contributed by atoms with Crippen LogP contribution in [-0.2, 0) is 6.54 Å². The van der Waals surface area contributed by atoms with Crippen molar-refractivity contribution < 1.29 is 9.53 Å². The van der Waals surface area contributed by atoms with Crippen molar-refractivity contribution in [3.05, 3.63) is 58.2 Å². The van der Waals surface area contributed by atoms with Crippen molar-refractivity contribution in [3.8, 4) is 22.1 Å². The Hall–Kier alpha value is -2.98. The highest BCUT2D eigenvalue weighted by Crippen LogP contribution is 2.34. The van der Waals surface area contributed by atoms with Crippen molar-refractivity contribution in [2.75, 3.05) is 40.3 Å². The number of rotatable bonds is 6. The second-order valence-corrected chi connectivity index (χ2v) is 9.81. The maximum atomic E-state index is 12.2. The maximum Gasteiger partial charge on any atom is 0.261 e. The van der Waals surface area contributed by atoms with E-state index in [1.54, 1.807) is 25.6 Å². The molecule has 1 saturated heterocycles. The van der Waals surface area contributed by atoms with Crippen molar-refractivity contribution >= 4 is 39.9 Å². The summed E-state index contributed by atoms with van der Waals surface area (Å²) in [6, 6.07) is 11.3. The molecule has 1 amide bonds. The second kappa shape index (κ2) is 9.34. The first-order chi connectivity index (χ1) is 16.4. The number of primary amides is 1. The molecule has 0 unspecified atom stereocenters. The Bertz CT molecular complexity index is 1360. The van der Waals surface area contributed by atoms with Gasteiger partial charge in [-0.2, -0.15) is 0 Å². The lowest BCUT2D eigenvalue weighted by Gasteiger charge is -2.32. The molecule has 2 N–H and O–H groups in total. The van der Waals surface area contributed by atoms with Crippen molar-refractivity contribution in [1.82, 2.24) is 24.3 Å². The highest BCUT2D eigenvalue weighted by atomic mass is 35.5. The fourth-order valence-corrected chi connectivity index (χ4v) is 5.32. The Balaban J connectivity index is 1.56. The minimum Gasteiger partial charge on any atom is -0.496 e. The minimum absolute atomic E-state index is 0.380. The van der Waals surface area contributed by atoms with Gasteiger partial charge in [-0.1, -0.05) is 35.1 Å². The Kier molecular flexibility index (Phi) is 6.26. The van der Waals surface area contributed by atoms with E-state index in [1.807, 2.05) is 22.8 Å². The lowest BCUT2D eigenvalue weighted by molar-refractivity contribution is 0.100. The van der Waals surface area contributed by atoms with E-state index in [0.717, 1.165) is 60.6 Å². The van der Waals surface area contributed by atoms with E-state index < -0.39 is 5.91 Å². The van der Waals surface area contributed by atoms with Gasteiger partial charge >= 0.3 is 0 Å². The number of thiazole rings is 1. The van der Waals surface area contributed by atoms with Gasteiger partial charge in [0.1, 0.15) is 17.0 Å². The topological polar surface area (TPSA) is 89.5 Å². The number of hydrogen-bond acceptors (Lipinski definition) is 7. The van der Waals surface area contributed by atoms with Crippen molar-refractivity contribution in [2.24, 2.45) is 5.73 Å². The van der Waals surface area contributed by atoms with Crippen LogP contribution in [0.15, 0.2) is 42.7 Å². The summed E-state index contributed by atoms with van der Waals surface area (Å²) in [5.41, 5.74) is 9.72. The van der Waals surface area contributed by atoms with Crippen LogP contribution < -0.4 is 10.5 Å². The van der Waals surface area contributed by atoms with Gasteiger partial charge in [0.15, 0.2) is 5.13 Å². The molecule has 34 heavy (non-hydrogen) atoms. The van der Waals surface area contributed by atoms with Crippen LogP contribution in [0.1, 0.15) is 15.2 Å². The number of nitrogens with two attached hydrogens (primary N) is 1. The Morgan fingerprint density at radius 1 is 1.21 bits per heavy atom. The van der Waals surface area contributed by atoms with Gasteiger partial charge < -0.3 is 15.4 Å². The molecule has 4 aromatic rings. The van der Waals surface area contributed by atoms with E-state index >= 15 is 0 Å². The third kappa shape index (κ3) is 4.39. The molecule has 1 aliphatic rings. The number of carbonyl (C=O) groups excluding carboxylic acids is 1. The van der Waals surface area contributed by atoms with E-state index in [2.05, 4.69) is 27.9 Å². The molecular weight excluding hydrogens is 472 g/mol. The predicted molar refractivity (Wildman–Crippen MR) is 135 cm³/mol. The lowest BCUT2D eigenvalue weighted by Crippen LogP contribution is -2.43. The van der Waals surface area contributed by atoms with E-state index in [1.165, 1.54) is 11.3 Å². The number of methoxy groups -OCH3 is 1. The number of piperazine rings is 1. The molecule has 0 saturated carbocycles. The van der Waals surface area contributed by atoms with Gasteiger partial charge in [0.25, 0.3) is 5.91 Å². The summed E-state index contributed by atoms with van der Waals surface area (Å²) in [5, 5.41) is 1.18. The van der Waals surface area contributed by atoms with Crippen LogP contribution in [0.3, 0.4) is 0 Å². The van der Waals surface area contributed by atoms with E-state index in [9.17, 15) is 4.79 Å². The zero-order chi connectivity index (χ0) is 23.8. The Morgan fingerprint density at radius 2 is 2.00 bits per heavy atom. The van der Waals surface area contributed by atoms with Gasteiger partial charge in [-0.15, -0.1) is 0 Å². The van der Waals surface area contributed by atoms with Gasteiger partial charge in [0.2, 0.25) is 0 Å². The minimum atomic E-state index is -0.527. The number of aromatic nitrogens is 3. The number of likely N-dealkylation sites (N-methyl/N-ethyl adjacent to an activating group) is 1. The van der Waals surface area contributed by atoms with Crippen LogP contribution in [0, 0.1) is 0 Å². The highest BCUT2D eigenvalue weighted by Gasteiger charge is 2.21. The molecule has 1 aliphatic heterocycles. The Morgan fingerprint density at radius 3 is 2.71 bits per heavy atom. The molecule has 0 aliphatic carbocycles. The van der Waals surface area contributed by atoms with Crippen LogP contribution in [0.25, 0.3) is 27.4 Å². The number of imidazole rings is 1. The largest absolute Gasteiger partial charge is 0.496 e. The van der Waals surface area contributed by atoms with Gasteiger partial charge in [0, 0.05) is 54.9 Å². The molecule has 2 aromatic heterocycles. The summed E-state index contributed by atoms with van der Waals surface area (Å²) in [6.45, 7) is 4.90. The molecule has 3 heterocycles. The summed E-state index contributed by atoms with van der Waals surface area (Å²) in [7, 11) is 3.83. The molecule has 0 spiro atoms. The van der Waals surface area contributed by atoms with E-state index in [0.29, 0.717) is 20.7 Å². The average Bonchev–Trinajstić information content (AvgIpc) is 3.44. The third-order valence-electron chi connectivity index (χ3n) is 6.08. The van der Waals surface area contributed by atoms with Crippen LogP contribution in [0.2, 0.25) is 5.02 Å². The van der Waals surface area contributed by atoms with Crippen LogP contribution in [-0.4, -0.2) is 70.6 Å². The standard InChI is InChI=1S/C24H25ClN6O2S/c1-29-6-8-30(9-7-29)13-16-11-19-18(12-20(16)33-2)27-14-31(19)24-28-21(22(34-24)23(26)32)15-4-3-5-17(25)10-15/h3-5,10-12,14H,6-9,13H2,1-2H3,(H2,26,32). The molecule has 5 rings (SSSR count). The first-order valence-electron chi connectivity index (χ1n) is 10.9. The molecule has 8 nitrogen and oxygen atoms in total. The molecule has 10 heteroatoms. The first-order valence-corrected chi connectivity index (χ1v) is 12.1. The number of ether oxygens (including phenoxy) is 1. The second-order valence-electron chi connectivity index (χ2n) is 8.40. The smallest absolute Gasteiger partial charge is 0.261 e. The summed E-state index contributed by atoms with van der Waals surface area (Å²) in [4.78, 5) is 26.7. The van der Waals surface area contributed by atoms with E-state index in [-0.39, 0.29) is 0 Å². The highest BCUT2D eigenvalue weighted by molar-refractivity contribution is 7.16. The first kappa shape index (κ1) is 22.8. The fraction of sp³-hybridized carbons (Fsp3) is 0.292. The molecular formula is C24H25ClN6O2S. The number of amides is 1. The SMILES string of the molecule is COc1cc2ncn(-c3nc(-c4cccc(Cl)c4)c(C(N)=O)s3)c2cc1CN1CCN(C)CC1. The Labute approximate surface area is 206 Å². The monoisotopic (exact) mass is 496 g/mol. The van der Waals surface area contributed by atoms with E-state index in [4.69, 9.17) is 27.1 Å². The predicted octanol–water partition coefficient (Wildman–Crippen LogP) is 3.66. The van der Waals surface area contributed by atoms with Gasteiger partial charge in [-0.3, -0.25) is 14.3 Å². The zero-order valence-corrected chi connectivity index (χ0v) is 20.6. The van der Waals surface area contributed by atoms with Crippen molar-refractivity contribution in [2.45, 2.75) is 6.54 Å². The van der Waals surface area contributed by atoms with Gasteiger partial charge in [0.05, 0.1) is 23.8 Å². The van der Waals surface area contributed by atoms with Gasteiger partial charge in [-0.05, 0) is 25.2 Å². The number of benzene rings is 2. The van der Waals surface area contributed by atoms with Crippen LogP contribution >= 0.6 is 22.9 Å². The summed E-state index contributed by atoms with van der Waals surface area (Å²) in [5.74, 6) is 0.286. The van der Waals surface area contributed by atoms with Gasteiger partial charge in [-0.25, -0.2) is 9.97 Å². The van der Waals surface area contributed by atoms with Crippen molar-refractivity contribution in [3.63, 3.8) is 0 Å². The molecule has 1 fully saturated rings. The van der Waals surface area contributed by atoms with Crippen molar-refractivity contribution in [1.29, 1.82) is 0 Å². The molecule has 0 atom stereocenters. The molecule has 0 radical (unpaired) electrons. The lowest BCUT2D eigenvalue weighted by atomic mass is 10.1. The fourth-order valence-electron chi connectivity index (χ4n) is 4.20. The normalized spacial score (nSPS) is 15.1. The third-order valence-corrected chi connectivity index (χ3v) is 7.39. The number of hydrogen-bond donors (Lipinski definition) is 1. The van der Waals surface area contributed by atoms with Crippen LogP contribution in [0.4, 0.5) is 0 Å². The number of halogens is 1. The molecule has 2 aromatic carbocycles. The number of nitrogens with zero attached hydrogens (tertiary/aromatic N) is 5. The molecule has 176 valence electrons. The van der Waals surface area contributed by atoms with Crippen LogP contribution in [0.5, 0.6) is 5.75 Å². The number of fused-ring (bicyclic) bond motifs is 1. The maximum absolute atomic E-state index is 12.2.